The second-order valence-corrected chi connectivity index (χ2v) is 4.24. The van der Waals surface area contributed by atoms with Crippen LogP contribution in [0, 0.1) is 0 Å². The van der Waals surface area contributed by atoms with E-state index in [-0.39, 0.29) is 28.8 Å². The second-order valence-electron chi connectivity index (χ2n) is 4.24. The molecule has 0 aliphatic rings. The lowest BCUT2D eigenvalue weighted by Gasteiger charge is -2.10. The second kappa shape index (κ2) is 4.56. The Morgan fingerprint density at radius 1 is 1.47 bits per heavy atom. The summed E-state index contributed by atoms with van der Waals surface area (Å²) in [6.07, 6.45) is 4.27. The van der Waals surface area contributed by atoms with E-state index in [1.807, 2.05) is 13.8 Å². The lowest BCUT2D eigenvalue weighted by atomic mass is 10.4. The molecule has 8 heteroatoms. The molecule has 0 atom stereocenters. The first-order valence-electron chi connectivity index (χ1n) is 5.57. The van der Waals surface area contributed by atoms with E-state index in [0.717, 1.165) is 4.68 Å². The molecule has 2 aromatic heterocycles. The molecule has 0 aromatic carbocycles. The summed E-state index contributed by atoms with van der Waals surface area (Å²) in [4.78, 5) is 26.9. The van der Waals surface area contributed by atoms with Gasteiger partial charge in [0.2, 0.25) is 5.82 Å². The Labute approximate surface area is 108 Å². The lowest BCUT2D eigenvalue weighted by Crippen LogP contribution is -2.26. The predicted molar refractivity (Wildman–Crippen MR) is 67.4 cm³/mol. The molecule has 2 heterocycles. The number of carboxylic acids is 1. The maximum atomic E-state index is 12.2. The largest absolute Gasteiger partial charge is 0.476 e. The Balaban J connectivity index is 2.60. The Hall–Kier alpha value is -2.64. The van der Waals surface area contributed by atoms with Gasteiger partial charge in [0.05, 0.1) is 11.9 Å². The van der Waals surface area contributed by atoms with Crippen LogP contribution in [0.1, 0.15) is 30.4 Å². The van der Waals surface area contributed by atoms with Crippen LogP contribution in [-0.4, -0.2) is 30.4 Å². The topological polar surface area (TPSA) is 116 Å². The number of hydrogen-bond donors (Lipinski definition) is 2. The van der Waals surface area contributed by atoms with Crippen LogP contribution >= 0.6 is 0 Å². The van der Waals surface area contributed by atoms with Crippen LogP contribution in [0.25, 0.3) is 5.82 Å². The van der Waals surface area contributed by atoms with E-state index in [0.29, 0.717) is 0 Å². The average Bonchev–Trinajstić information content (AvgIpc) is 2.71. The quantitative estimate of drug-likeness (QED) is 0.822. The van der Waals surface area contributed by atoms with Gasteiger partial charge in [-0.15, -0.1) is 0 Å². The summed E-state index contributed by atoms with van der Waals surface area (Å²) in [5, 5.41) is 12.6. The van der Waals surface area contributed by atoms with Gasteiger partial charge in [-0.1, -0.05) is 0 Å². The van der Waals surface area contributed by atoms with E-state index in [9.17, 15) is 9.59 Å². The normalized spacial score (nSPS) is 10.9. The van der Waals surface area contributed by atoms with Crippen molar-refractivity contribution < 1.29 is 9.90 Å². The number of carboxylic acid groups (broad SMARTS) is 1. The molecule has 3 N–H and O–H groups in total. The van der Waals surface area contributed by atoms with Gasteiger partial charge in [0.15, 0.2) is 5.69 Å². The van der Waals surface area contributed by atoms with Crippen molar-refractivity contribution in [3.63, 3.8) is 0 Å². The van der Waals surface area contributed by atoms with Crippen LogP contribution in [0.4, 0.5) is 5.69 Å². The number of carbonyl (C=O) groups is 1. The number of aromatic carboxylic acids is 1. The van der Waals surface area contributed by atoms with Crippen molar-refractivity contribution in [3.05, 3.63) is 34.6 Å². The standard InChI is InChI=1S/C11H13N5O3/c1-6(2)15-4-3-13-9(10(15)17)16-5-7(12)8(14-16)11(18)19/h3-6H,12H2,1-2H3,(H,18,19). The van der Waals surface area contributed by atoms with Gasteiger partial charge >= 0.3 is 5.97 Å². The van der Waals surface area contributed by atoms with Crippen molar-refractivity contribution >= 4 is 11.7 Å². The van der Waals surface area contributed by atoms with Crippen LogP contribution < -0.4 is 11.3 Å². The molecule has 0 unspecified atom stereocenters. The molecule has 2 aromatic rings. The highest BCUT2D eigenvalue weighted by molar-refractivity contribution is 5.91. The van der Waals surface area contributed by atoms with E-state index < -0.39 is 5.97 Å². The number of hydrogen-bond acceptors (Lipinski definition) is 5. The van der Waals surface area contributed by atoms with Gasteiger partial charge < -0.3 is 15.4 Å². The average molecular weight is 263 g/mol. The fourth-order valence-corrected chi connectivity index (χ4v) is 1.64. The first-order valence-corrected chi connectivity index (χ1v) is 5.57. The Morgan fingerprint density at radius 3 is 2.68 bits per heavy atom. The van der Waals surface area contributed by atoms with Crippen LogP contribution in [0.15, 0.2) is 23.4 Å². The number of nitrogens with zero attached hydrogens (tertiary/aromatic N) is 4. The molecule has 19 heavy (non-hydrogen) atoms. The first-order chi connectivity index (χ1) is 8.91. The van der Waals surface area contributed by atoms with Gasteiger partial charge in [0, 0.05) is 18.4 Å². The van der Waals surface area contributed by atoms with Crippen molar-refractivity contribution in [2.75, 3.05) is 5.73 Å². The van der Waals surface area contributed by atoms with E-state index >= 15 is 0 Å². The third-order valence-corrected chi connectivity index (χ3v) is 2.57. The van der Waals surface area contributed by atoms with E-state index in [4.69, 9.17) is 10.8 Å². The van der Waals surface area contributed by atoms with Crippen molar-refractivity contribution in [2.24, 2.45) is 0 Å². The van der Waals surface area contributed by atoms with E-state index in [1.54, 1.807) is 6.20 Å². The molecule has 0 amide bonds. The molecule has 0 saturated heterocycles. The van der Waals surface area contributed by atoms with E-state index in [1.165, 1.54) is 17.0 Å². The SMILES string of the molecule is CC(C)n1ccnc(-n2cc(N)c(C(=O)O)n2)c1=O. The first kappa shape index (κ1) is 12.8. The van der Waals surface area contributed by atoms with Crippen LogP contribution in [0.3, 0.4) is 0 Å². The lowest BCUT2D eigenvalue weighted by molar-refractivity contribution is 0.0691. The van der Waals surface area contributed by atoms with Gasteiger partial charge in [0.25, 0.3) is 5.56 Å². The number of nitrogens with two attached hydrogens (primary N) is 1. The fraction of sp³-hybridized carbons (Fsp3) is 0.273. The molecule has 2 rings (SSSR count). The molecule has 0 aliphatic heterocycles. The van der Waals surface area contributed by atoms with Gasteiger partial charge in [-0.25, -0.2) is 14.5 Å². The zero-order valence-corrected chi connectivity index (χ0v) is 10.4. The summed E-state index contributed by atoms with van der Waals surface area (Å²) in [6.45, 7) is 3.70. The molecule has 100 valence electrons. The maximum Gasteiger partial charge on any atom is 0.358 e. The summed E-state index contributed by atoms with van der Waals surface area (Å²) in [6, 6.07) is -0.0406. The van der Waals surface area contributed by atoms with E-state index in [2.05, 4.69) is 10.1 Å². The van der Waals surface area contributed by atoms with Crippen LogP contribution in [-0.2, 0) is 0 Å². The minimum absolute atomic E-state index is 0.00963. The minimum Gasteiger partial charge on any atom is -0.476 e. The zero-order chi connectivity index (χ0) is 14.2. The summed E-state index contributed by atoms with van der Waals surface area (Å²) in [7, 11) is 0. The predicted octanol–water partition coefficient (Wildman–Crippen LogP) is 0.290. The number of aromatic nitrogens is 4. The molecule has 0 radical (unpaired) electrons. The summed E-state index contributed by atoms with van der Waals surface area (Å²) >= 11 is 0. The van der Waals surface area contributed by atoms with Crippen molar-refractivity contribution in [1.82, 2.24) is 19.3 Å². The van der Waals surface area contributed by atoms with Crippen LogP contribution in [0.2, 0.25) is 0 Å². The van der Waals surface area contributed by atoms with Crippen molar-refractivity contribution in [2.45, 2.75) is 19.9 Å². The number of anilines is 1. The highest BCUT2D eigenvalue weighted by Crippen LogP contribution is 2.11. The number of rotatable bonds is 3. The van der Waals surface area contributed by atoms with Crippen LogP contribution in [0.5, 0.6) is 0 Å². The summed E-state index contributed by atoms with van der Waals surface area (Å²) < 4.78 is 2.56. The van der Waals surface area contributed by atoms with Crippen molar-refractivity contribution in [1.29, 1.82) is 0 Å². The zero-order valence-electron chi connectivity index (χ0n) is 10.4. The highest BCUT2D eigenvalue weighted by Gasteiger charge is 2.17. The van der Waals surface area contributed by atoms with Crippen molar-refractivity contribution in [3.8, 4) is 5.82 Å². The van der Waals surface area contributed by atoms with Gasteiger partial charge in [-0.05, 0) is 13.8 Å². The molecule has 0 spiro atoms. The third kappa shape index (κ3) is 2.19. The number of nitrogen functional groups attached to an aromatic ring is 1. The molecule has 8 nitrogen and oxygen atoms in total. The molecule has 0 saturated carbocycles. The molecule has 0 aliphatic carbocycles. The Morgan fingerprint density at radius 2 is 2.16 bits per heavy atom. The van der Waals surface area contributed by atoms with Gasteiger partial charge in [-0.2, -0.15) is 5.10 Å². The van der Waals surface area contributed by atoms with Gasteiger partial charge in [-0.3, -0.25) is 4.79 Å². The highest BCUT2D eigenvalue weighted by atomic mass is 16.4. The minimum atomic E-state index is -1.25. The maximum absolute atomic E-state index is 12.2. The molecule has 0 bridgehead atoms. The smallest absolute Gasteiger partial charge is 0.358 e. The third-order valence-electron chi connectivity index (χ3n) is 2.57. The molecule has 0 fully saturated rings. The summed E-state index contributed by atoms with van der Waals surface area (Å²) in [5.41, 5.74) is 4.84. The Kier molecular flexibility index (Phi) is 3.07. The summed E-state index contributed by atoms with van der Waals surface area (Å²) in [5.74, 6) is -1.24. The fourth-order valence-electron chi connectivity index (χ4n) is 1.64. The molecular formula is C11H13N5O3. The van der Waals surface area contributed by atoms with Gasteiger partial charge in [0.1, 0.15) is 0 Å². The Bertz CT molecular complexity index is 686. The molecular weight excluding hydrogens is 250 g/mol. The monoisotopic (exact) mass is 263 g/mol.